The lowest BCUT2D eigenvalue weighted by molar-refractivity contribution is -0.129. The Morgan fingerprint density at radius 3 is 1.95 bits per heavy atom. The normalized spacial score (nSPS) is 18.5. The highest BCUT2D eigenvalue weighted by Gasteiger charge is 2.30. The highest BCUT2D eigenvalue weighted by Crippen LogP contribution is 2.10. The Balaban J connectivity index is 2.61. The van der Waals surface area contributed by atoms with Gasteiger partial charge >= 0.3 is 0 Å². The first-order valence-corrected chi connectivity index (χ1v) is 9.89. The van der Waals surface area contributed by atoms with Crippen molar-refractivity contribution in [1.29, 1.82) is 0 Å². The summed E-state index contributed by atoms with van der Waals surface area (Å²) in [6, 6.07) is 0. The lowest BCUT2D eigenvalue weighted by atomic mass is 10.3. The topological polar surface area (TPSA) is 91.8 Å². The van der Waals surface area contributed by atoms with E-state index in [9.17, 15) is 21.6 Å². The number of sulfonamides is 1. The van der Waals surface area contributed by atoms with Gasteiger partial charge in [0.25, 0.3) is 0 Å². The average molecular weight is 326 g/mol. The quantitative estimate of drug-likeness (QED) is 0.666. The molecule has 7 nitrogen and oxygen atoms in total. The van der Waals surface area contributed by atoms with Gasteiger partial charge in [0.2, 0.25) is 15.9 Å². The molecule has 20 heavy (non-hydrogen) atoms. The number of carbonyl (C=O) groups excluding carboxylic acids is 1. The lowest BCUT2D eigenvalue weighted by Crippen LogP contribution is -2.52. The molecule has 0 aromatic carbocycles. The SMILES string of the molecule is CCS(=O)(=O)N1CCN(C(=O)CS(=O)(=O)C(C)C)CC1. The molecule has 1 heterocycles. The number of sulfone groups is 1. The van der Waals surface area contributed by atoms with Crippen LogP contribution in [0.3, 0.4) is 0 Å². The smallest absolute Gasteiger partial charge is 0.237 e. The first-order chi connectivity index (χ1) is 9.10. The fourth-order valence-electron chi connectivity index (χ4n) is 1.83. The Morgan fingerprint density at radius 1 is 1.05 bits per heavy atom. The number of carbonyl (C=O) groups is 1. The fraction of sp³-hybridized carbons (Fsp3) is 0.909. The molecule has 0 unspecified atom stereocenters. The van der Waals surface area contributed by atoms with Crippen molar-refractivity contribution >= 4 is 25.8 Å². The summed E-state index contributed by atoms with van der Waals surface area (Å²) in [5, 5.41) is -0.590. The molecular formula is C11H22N2O5S2. The van der Waals surface area contributed by atoms with Crippen LogP contribution in [-0.2, 0) is 24.7 Å². The van der Waals surface area contributed by atoms with E-state index in [0.717, 1.165) is 0 Å². The third kappa shape index (κ3) is 4.16. The molecule has 1 amide bonds. The molecular weight excluding hydrogens is 304 g/mol. The van der Waals surface area contributed by atoms with E-state index in [1.165, 1.54) is 23.1 Å². The molecule has 118 valence electrons. The van der Waals surface area contributed by atoms with E-state index >= 15 is 0 Å². The van der Waals surface area contributed by atoms with Gasteiger partial charge in [0.05, 0.1) is 11.0 Å². The highest BCUT2D eigenvalue weighted by atomic mass is 32.2. The first kappa shape index (κ1) is 17.4. The molecule has 1 rings (SSSR count). The standard InChI is InChI=1S/C11H22N2O5S2/c1-4-20(17,18)13-7-5-12(6-8-13)11(14)9-19(15,16)10(2)3/h10H,4-9H2,1-3H3. The summed E-state index contributed by atoms with van der Waals surface area (Å²) in [5.41, 5.74) is 0. The number of amides is 1. The molecule has 0 aromatic heterocycles. The molecule has 1 aliphatic rings. The van der Waals surface area contributed by atoms with Crippen molar-refractivity contribution in [2.45, 2.75) is 26.0 Å². The largest absolute Gasteiger partial charge is 0.339 e. The van der Waals surface area contributed by atoms with Crippen LogP contribution in [0.15, 0.2) is 0 Å². The summed E-state index contributed by atoms with van der Waals surface area (Å²) in [7, 11) is -6.66. The summed E-state index contributed by atoms with van der Waals surface area (Å²) in [6.07, 6.45) is 0. The maximum atomic E-state index is 11.9. The van der Waals surface area contributed by atoms with Crippen molar-refractivity contribution in [3.05, 3.63) is 0 Å². The second-order valence-electron chi connectivity index (χ2n) is 5.04. The lowest BCUT2D eigenvalue weighted by Gasteiger charge is -2.33. The van der Waals surface area contributed by atoms with Gasteiger partial charge in [0.1, 0.15) is 5.75 Å². The number of nitrogens with zero attached hydrogens (tertiary/aromatic N) is 2. The van der Waals surface area contributed by atoms with E-state index in [0.29, 0.717) is 0 Å². The second kappa shape index (κ2) is 6.40. The van der Waals surface area contributed by atoms with Crippen molar-refractivity contribution < 1.29 is 21.6 Å². The molecule has 0 spiro atoms. The summed E-state index contributed by atoms with van der Waals surface area (Å²) < 4.78 is 48.1. The van der Waals surface area contributed by atoms with E-state index in [1.807, 2.05) is 0 Å². The molecule has 0 saturated carbocycles. The van der Waals surface area contributed by atoms with Crippen LogP contribution >= 0.6 is 0 Å². The Hall–Kier alpha value is -0.670. The summed E-state index contributed by atoms with van der Waals surface area (Å²) in [5.74, 6) is -0.930. The van der Waals surface area contributed by atoms with Crippen molar-refractivity contribution in [2.24, 2.45) is 0 Å². The van der Waals surface area contributed by atoms with Crippen LogP contribution in [-0.4, -0.2) is 74.9 Å². The zero-order valence-electron chi connectivity index (χ0n) is 12.1. The predicted molar refractivity (Wildman–Crippen MR) is 76.5 cm³/mol. The summed E-state index contributed by atoms with van der Waals surface area (Å²) >= 11 is 0. The van der Waals surface area contributed by atoms with Gasteiger partial charge in [-0.15, -0.1) is 0 Å². The van der Waals surface area contributed by atoms with Gasteiger partial charge in [-0.3, -0.25) is 4.79 Å². The van der Waals surface area contributed by atoms with Crippen LogP contribution < -0.4 is 0 Å². The molecule has 1 aliphatic heterocycles. The zero-order chi connectivity index (χ0) is 15.6. The number of piperazine rings is 1. The monoisotopic (exact) mass is 326 g/mol. The molecule has 0 aliphatic carbocycles. The van der Waals surface area contributed by atoms with Crippen LogP contribution in [0.1, 0.15) is 20.8 Å². The van der Waals surface area contributed by atoms with Crippen molar-refractivity contribution in [3.8, 4) is 0 Å². The molecule has 0 atom stereocenters. The molecule has 9 heteroatoms. The first-order valence-electron chi connectivity index (χ1n) is 6.57. The summed E-state index contributed by atoms with van der Waals surface area (Å²) in [4.78, 5) is 13.3. The van der Waals surface area contributed by atoms with E-state index in [2.05, 4.69) is 0 Å². The zero-order valence-corrected chi connectivity index (χ0v) is 13.7. The number of hydrogen-bond donors (Lipinski definition) is 0. The predicted octanol–water partition coefficient (Wildman–Crippen LogP) is -0.696. The maximum Gasteiger partial charge on any atom is 0.237 e. The number of hydrogen-bond acceptors (Lipinski definition) is 5. The molecule has 0 N–H and O–H groups in total. The van der Waals surface area contributed by atoms with E-state index in [1.54, 1.807) is 6.92 Å². The Bertz CT molecular complexity index is 545. The third-order valence-electron chi connectivity index (χ3n) is 3.39. The van der Waals surface area contributed by atoms with Gasteiger partial charge < -0.3 is 4.90 Å². The van der Waals surface area contributed by atoms with Crippen LogP contribution in [0.25, 0.3) is 0 Å². The van der Waals surface area contributed by atoms with Gasteiger partial charge in [-0.2, -0.15) is 4.31 Å². The molecule has 0 aromatic rings. The minimum absolute atomic E-state index is 0.0304. The van der Waals surface area contributed by atoms with Crippen molar-refractivity contribution in [3.63, 3.8) is 0 Å². The fourth-order valence-corrected chi connectivity index (χ4v) is 3.77. The van der Waals surface area contributed by atoms with Crippen molar-refractivity contribution in [2.75, 3.05) is 37.7 Å². The number of rotatable bonds is 5. The van der Waals surface area contributed by atoms with Crippen LogP contribution in [0, 0.1) is 0 Å². The molecule has 1 saturated heterocycles. The minimum atomic E-state index is -3.42. The van der Waals surface area contributed by atoms with Gasteiger partial charge in [0, 0.05) is 26.2 Å². The van der Waals surface area contributed by atoms with Crippen molar-refractivity contribution in [1.82, 2.24) is 9.21 Å². The Kier molecular flexibility index (Phi) is 5.56. The van der Waals surface area contributed by atoms with Gasteiger partial charge in [-0.05, 0) is 20.8 Å². The second-order valence-corrected chi connectivity index (χ2v) is 9.85. The van der Waals surface area contributed by atoms with Gasteiger partial charge in [0.15, 0.2) is 9.84 Å². The molecule has 1 fully saturated rings. The maximum absolute atomic E-state index is 11.9. The van der Waals surface area contributed by atoms with Gasteiger partial charge in [-0.1, -0.05) is 0 Å². The highest BCUT2D eigenvalue weighted by molar-refractivity contribution is 7.92. The Morgan fingerprint density at radius 2 is 1.55 bits per heavy atom. The van der Waals surface area contributed by atoms with Crippen LogP contribution in [0.2, 0.25) is 0 Å². The molecule has 0 radical (unpaired) electrons. The van der Waals surface area contributed by atoms with E-state index in [-0.39, 0.29) is 31.9 Å². The minimum Gasteiger partial charge on any atom is -0.339 e. The summed E-state index contributed by atoms with van der Waals surface area (Å²) in [6.45, 7) is 5.58. The third-order valence-corrected chi connectivity index (χ3v) is 7.36. The van der Waals surface area contributed by atoms with E-state index < -0.39 is 36.8 Å². The Labute approximate surface area is 120 Å². The van der Waals surface area contributed by atoms with Crippen LogP contribution in [0.4, 0.5) is 0 Å². The van der Waals surface area contributed by atoms with Gasteiger partial charge in [-0.25, -0.2) is 16.8 Å². The average Bonchev–Trinajstić information content (AvgIpc) is 2.38. The van der Waals surface area contributed by atoms with E-state index in [4.69, 9.17) is 0 Å². The van der Waals surface area contributed by atoms with Crippen LogP contribution in [0.5, 0.6) is 0 Å². The molecule has 0 bridgehead atoms.